The van der Waals surface area contributed by atoms with Crippen LogP contribution in [0.15, 0.2) is 18.2 Å². The van der Waals surface area contributed by atoms with Crippen molar-refractivity contribution in [3.8, 4) is 0 Å². The summed E-state index contributed by atoms with van der Waals surface area (Å²) in [7, 11) is 0. The maximum Gasteiger partial charge on any atom is 0.0364 e. The number of nitrogens with one attached hydrogen (secondary N) is 1. The van der Waals surface area contributed by atoms with E-state index in [1.54, 1.807) is 0 Å². The summed E-state index contributed by atoms with van der Waals surface area (Å²) >= 11 is 0. The van der Waals surface area contributed by atoms with E-state index in [0.29, 0.717) is 0 Å². The predicted octanol–water partition coefficient (Wildman–Crippen LogP) is 3.82. The molecule has 0 aliphatic heterocycles. The van der Waals surface area contributed by atoms with E-state index in [2.05, 4.69) is 31.3 Å². The van der Waals surface area contributed by atoms with Gasteiger partial charge in [-0.2, -0.15) is 0 Å². The molecule has 0 bridgehead atoms. The van der Waals surface area contributed by atoms with Crippen LogP contribution in [-0.4, -0.2) is 6.54 Å². The number of aryl methyl sites for hydroxylation is 1. The Morgan fingerprint density at radius 1 is 1.25 bits per heavy atom. The second-order valence-electron chi connectivity index (χ2n) is 4.89. The Morgan fingerprint density at radius 3 is 2.62 bits per heavy atom. The molecule has 0 radical (unpaired) electrons. The first-order valence-corrected chi connectivity index (χ1v) is 6.19. The number of unbranched alkanes of at least 4 members (excludes halogenated alkanes) is 1. The molecule has 16 heavy (non-hydrogen) atoms. The first-order chi connectivity index (χ1) is 7.59. The lowest BCUT2D eigenvalue weighted by Gasteiger charge is -2.09. The van der Waals surface area contributed by atoms with Gasteiger partial charge in [0.05, 0.1) is 0 Å². The number of benzene rings is 1. The maximum absolute atomic E-state index is 5.85. The van der Waals surface area contributed by atoms with Gasteiger partial charge in [0.1, 0.15) is 0 Å². The van der Waals surface area contributed by atoms with Crippen molar-refractivity contribution >= 4 is 11.4 Å². The van der Waals surface area contributed by atoms with Gasteiger partial charge in [-0.3, -0.25) is 0 Å². The lowest BCUT2D eigenvalue weighted by molar-refractivity contribution is 0.545. The lowest BCUT2D eigenvalue weighted by Crippen LogP contribution is -2.03. The lowest BCUT2D eigenvalue weighted by atomic mass is 10.1. The summed E-state index contributed by atoms with van der Waals surface area (Å²) in [5.41, 5.74) is 8.99. The van der Waals surface area contributed by atoms with Crippen molar-refractivity contribution in [2.75, 3.05) is 17.6 Å². The van der Waals surface area contributed by atoms with E-state index in [-0.39, 0.29) is 0 Å². The van der Waals surface area contributed by atoms with Crippen LogP contribution in [0, 0.1) is 12.8 Å². The van der Waals surface area contributed by atoms with Gasteiger partial charge in [0.15, 0.2) is 0 Å². The van der Waals surface area contributed by atoms with Gasteiger partial charge in [-0.15, -0.1) is 0 Å². The molecular weight excluding hydrogens is 196 g/mol. The smallest absolute Gasteiger partial charge is 0.0364 e. The molecule has 2 heteroatoms. The average molecular weight is 220 g/mol. The molecule has 1 rings (SSSR count). The van der Waals surface area contributed by atoms with Gasteiger partial charge in [0.25, 0.3) is 0 Å². The molecule has 0 spiro atoms. The Hall–Kier alpha value is -1.18. The summed E-state index contributed by atoms with van der Waals surface area (Å²) in [5.74, 6) is 0.815. The fraction of sp³-hybridized carbons (Fsp3) is 0.571. The molecule has 1 aromatic rings. The standard InChI is InChI=1S/C14H24N2/c1-11(2)6-4-5-9-16-13-8-7-12(3)14(15)10-13/h7-8,10-11,16H,4-6,9,15H2,1-3H3. The molecule has 0 amide bonds. The summed E-state index contributed by atoms with van der Waals surface area (Å²) in [4.78, 5) is 0. The van der Waals surface area contributed by atoms with E-state index in [4.69, 9.17) is 5.73 Å². The summed E-state index contributed by atoms with van der Waals surface area (Å²) in [6.07, 6.45) is 3.84. The Kier molecular flexibility index (Phi) is 5.17. The molecule has 1 aromatic carbocycles. The van der Waals surface area contributed by atoms with Crippen LogP contribution < -0.4 is 11.1 Å². The topological polar surface area (TPSA) is 38.0 Å². The molecule has 3 N–H and O–H groups in total. The molecule has 2 nitrogen and oxygen atoms in total. The van der Waals surface area contributed by atoms with Crippen LogP contribution >= 0.6 is 0 Å². The normalized spacial score (nSPS) is 10.8. The zero-order chi connectivity index (χ0) is 12.0. The number of anilines is 2. The zero-order valence-corrected chi connectivity index (χ0v) is 10.7. The molecule has 0 aliphatic carbocycles. The van der Waals surface area contributed by atoms with Crippen molar-refractivity contribution in [2.45, 2.75) is 40.0 Å². The van der Waals surface area contributed by atoms with Gasteiger partial charge >= 0.3 is 0 Å². The highest BCUT2D eigenvalue weighted by molar-refractivity contribution is 5.58. The third-order valence-corrected chi connectivity index (χ3v) is 2.82. The minimum atomic E-state index is 0.815. The van der Waals surface area contributed by atoms with Gasteiger partial charge in [-0.25, -0.2) is 0 Å². The van der Waals surface area contributed by atoms with Crippen LogP contribution in [0.5, 0.6) is 0 Å². The molecule has 0 saturated carbocycles. The van der Waals surface area contributed by atoms with Crippen molar-refractivity contribution in [2.24, 2.45) is 5.92 Å². The van der Waals surface area contributed by atoms with Crippen molar-refractivity contribution in [1.29, 1.82) is 0 Å². The van der Waals surface area contributed by atoms with Gasteiger partial charge in [-0.05, 0) is 37.0 Å². The molecule has 0 heterocycles. The third kappa shape index (κ3) is 4.56. The summed E-state index contributed by atoms with van der Waals surface area (Å²) < 4.78 is 0. The molecule has 0 aliphatic rings. The van der Waals surface area contributed by atoms with Crippen LogP contribution in [0.4, 0.5) is 11.4 Å². The third-order valence-electron chi connectivity index (χ3n) is 2.82. The van der Waals surface area contributed by atoms with Crippen LogP contribution in [-0.2, 0) is 0 Å². The number of hydrogen-bond acceptors (Lipinski definition) is 2. The van der Waals surface area contributed by atoms with E-state index < -0.39 is 0 Å². The molecule has 90 valence electrons. The number of hydrogen-bond donors (Lipinski definition) is 2. The maximum atomic E-state index is 5.85. The Morgan fingerprint density at radius 2 is 2.00 bits per heavy atom. The molecule has 0 saturated heterocycles. The molecular formula is C14H24N2. The van der Waals surface area contributed by atoms with Gasteiger partial charge in [-0.1, -0.05) is 32.8 Å². The largest absolute Gasteiger partial charge is 0.398 e. The van der Waals surface area contributed by atoms with Gasteiger partial charge < -0.3 is 11.1 Å². The highest BCUT2D eigenvalue weighted by Crippen LogP contribution is 2.17. The van der Waals surface area contributed by atoms with Crippen LogP contribution in [0.25, 0.3) is 0 Å². The second kappa shape index (κ2) is 6.41. The SMILES string of the molecule is Cc1ccc(NCCCCC(C)C)cc1N. The van der Waals surface area contributed by atoms with Crippen LogP contribution in [0.3, 0.4) is 0 Å². The fourth-order valence-corrected chi connectivity index (χ4v) is 1.66. The first-order valence-electron chi connectivity index (χ1n) is 6.19. The van der Waals surface area contributed by atoms with E-state index in [1.165, 1.54) is 19.3 Å². The van der Waals surface area contributed by atoms with Crippen molar-refractivity contribution in [3.63, 3.8) is 0 Å². The first kappa shape index (κ1) is 12.9. The summed E-state index contributed by atoms with van der Waals surface area (Å²) in [5, 5.41) is 3.41. The van der Waals surface area contributed by atoms with E-state index >= 15 is 0 Å². The highest BCUT2D eigenvalue weighted by Gasteiger charge is 1.97. The molecule has 0 aromatic heterocycles. The predicted molar refractivity (Wildman–Crippen MR) is 72.8 cm³/mol. The molecule has 0 fully saturated rings. The number of nitrogens with two attached hydrogens (primary N) is 1. The van der Waals surface area contributed by atoms with Crippen LogP contribution in [0.1, 0.15) is 38.7 Å². The van der Waals surface area contributed by atoms with Crippen molar-refractivity contribution in [3.05, 3.63) is 23.8 Å². The van der Waals surface area contributed by atoms with Gasteiger partial charge in [0.2, 0.25) is 0 Å². The average Bonchev–Trinajstić information content (AvgIpc) is 2.22. The summed E-state index contributed by atoms with van der Waals surface area (Å²) in [6.45, 7) is 7.61. The molecule has 0 atom stereocenters. The van der Waals surface area contributed by atoms with Crippen molar-refractivity contribution < 1.29 is 0 Å². The molecule has 0 unspecified atom stereocenters. The summed E-state index contributed by atoms with van der Waals surface area (Å²) in [6, 6.07) is 6.16. The second-order valence-corrected chi connectivity index (χ2v) is 4.89. The van der Waals surface area contributed by atoms with E-state index in [1.807, 2.05) is 13.0 Å². The number of nitrogen functional groups attached to an aromatic ring is 1. The number of rotatable bonds is 6. The van der Waals surface area contributed by atoms with Gasteiger partial charge in [0, 0.05) is 17.9 Å². The van der Waals surface area contributed by atoms with Crippen LogP contribution in [0.2, 0.25) is 0 Å². The van der Waals surface area contributed by atoms with E-state index in [9.17, 15) is 0 Å². The quantitative estimate of drug-likeness (QED) is 0.565. The minimum absolute atomic E-state index is 0.815. The minimum Gasteiger partial charge on any atom is -0.398 e. The Balaban J connectivity index is 2.24. The van der Waals surface area contributed by atoms with E-state index in [0.717, 1.165) is 29.4 Å². The fourth-order valence-electron chi connectivity index (χ4n) is 1.66. The van der Waals surface area contributed by atoms with Crippen molar-refractivity contribution in [1.82, 2.24) is 0 Å². The monoisotopic (exact) mass is 220 g/mol. The Bertz CT molecular complexity index is 319. The highest BCUT2D eigenvalue weighted by atomic mass is 14.9. The Labute approximate surface area is 99.2 Å². The zero-order valence-electron chi connectivity index (χ0n) is 10.7.